The van der Waals surface area contributed by atoms with Crippen LogP contribution in [0.15, 0.2) is 23.1 Å². The Bertz CT molecular complexity index is 1070. The van der Waals surface area contributed by atoms with E-state index >= 15 is 0 Å². The number of nitrogens with one attached hydrogen (secondary N) is 1. The van der Waals surface area contributed by atoms with Gasteiger partial charge in [0.05, 0.1) is 24.8 Å². The van der Waals surface area contributed by atoms with E-state index in [0.29, 0.717) is 44.2 Å². The van der Waals surface area contributed by atoms with Crippen molar-refractivity contribution in [2.75, 3.05) is 46.1 Å². The highest BCUT2D eigenvalue weighted by atomic mass is 32.2. The lowest BCUT2D eigenvalue weighted by Gasteiger charge is -2.38. The molecule has 1 saturated carbocycles. The molecule has 3 fully saturated rings. The van der Waals surface area contributed by atoms with Crippen LogP contribution in [0.2, 0.25) is 0 Å². The monoisotopic (exact) mass is 492 g/mol. The molecule has 1 aliphatic carbocycles. The third-order valence-corrected chi connectivity index (χ3v) is 9.43. The van der Waals surface area contributed by atoms with Gasteiger partial charge >= 0.3 is 6.03 Å². The van der Waals surface area contributed by atoms with Crippen molar-refractivity contribution in [1.82, 2.24) is 19.4 Å². The van der Waals surface area contributed by atoms with Gasteiger partial charge in [-0.25, -0.2) is 18.1 Å². The van der Waals surface area contributed by atoms with Crippen LogP contribution in [0.25, 0.3) is 0 Å². The first-order valence-electron chi connectivity index (χ1n) is 12.1. The summed E-state index contributed by atoms with van der Waals surface area (Å²) < 4.78 is 39.2. The van der Waals surface area contributed by atoms with Gasteiger partial charge < -0.3 is 14.8 Å². The summed E-state index contributed by atoms with van der Waals surface area (Å²) in [5.74, 6) is 0.966. The topological polar surface area (TPSA) is 108 Å². The lowest BCUT2D eigenvalue weighted by Crippen LogP contribution is -2.55. The van der Waals surface area contributed by atoms with E-state index in [4.69, 9.17) is 9.47 Å². The van der Waals surface area contributed by atoms with Gasteiger partial charge in [0.15, 0.2) is 11.5 Å². The highest BCUT2D eigenvalue weighted by Crippen LogP contribution is 2.38. The first-order valence-corrected chi connectivity index (χ1v) is 13.5. The molecule has 1 spiro atoms. The third-order valence-electron chi connectivity index (χ3n) is 7.53. The Morgan fingerprint density at radius 2 is 1.76 bits per heavy atom. The maximum absolute atomic E-state index is 13.2. The molecular formula is C23H32N4O6S. The van der Waals surface area contributed by atoms with Crippen LogP contribution >= 0.6 is 0 Å². The van der Waals surface area contributed by atoms with Gasteiger partial charge in [0.25, 0.3) is 5.91 Å². The fourth-order valence-electron chi connectivity index (χ4n) is 5.39. The minimum atomic E-state index is -3.70. The maximum Gasteiger partial charge on any atom is 0.326 e. The molecule has 3 heterocycles. The molecule has 0 bridgehead atoms. The fourth-order valence-corrected chi connectivity index (χ4v) is 6.83. The molecule has 1 N–H and O–H groups in total. The van der Waals surface area contributed by atoms with Crippen molar-refractivity contribution in [1.29, 1.82) is 0 Å². The van der Waals surface area contributed by atoms with Crippen molar-refractivity contribution >= 4 is 22.0 Å². The van der Waals surface area contributed by atoms with Crippen LogP contribution in [0.1, 0.15) is 39.0 Å². The van der Waals surface area contributed by atoms with Crippen LogP contribution in [0, 0.1) is 5.92 Å². The predicted molar refractivity (Wildman–Crippen MR) is 123 cm³/mol. The summed E-state index contributed by atoms with van der Waals surface area (Å²) >= 11 is 0. The summed E-state index contributed by atoms with van der Waals surface area (Å²) in [6.07, 6.45) is 4.36. The Balaban J connectivity index is 1.22. The molecule has 1 aromatic carbocycles. The normalized spacial score (nSPS) is 28.7. The number of ether oxygens (including phenoxy) is 2. The molecule has 186 valence electrons. The third kappa shape index (κ3) is 4.03. The van der Waals surface area contributed by atoms with Crippen molar-refractivity contribution in [2.24, 2.45) is 5.92 Å². The number of hydrogen-bond acceptors (Lipinski definition) is 7. The van der Waals surface area contributed by atoms with E-state index < -0.39 is 15.6 Å². The summed E-state index contributed by atoms with van der Waals surface area (Å²) in [4.78, 5) is 29.3. The van der Waals surface area contributed by atoms with Gasteiger partial charge in [0, 0.05) is 38.7 Å². The quantitative estimate of drug-likeness (QED) is 0.636. The highest BCUT2D eigenvalue weighted by Gasteiger charge is 2.55. The van der Waals surface area contributed by atoms with Crippen LogP contribution in [-0.4, -0.2) is 86.1 Å². The van der Waals surface area contributed by atoms with E-state index in [1.54, 1.807) is 12.1 Å². The maximum atomic E-state index is 13.2. The molecular weight excluding hydrogens is 460 g/mol. The molecule has 4 aliphatic rings. The SMILES string of the molecule is C[C@@H]1CCCC[C@]12NC(=O)N(CN1CCN(S(=O)(=O)c3ccc4c(c3)OCCCO4)CC1)C2=O. The Labute approximate surface area is 200 Å². The number of imide groups is 1. The molecule has 5 rings (SSSR count). The number of carbonyl (C=O) groups excluding carboxylic acids is 2. The summed E-state index contributed by atoms with van der Waals surface area (Å²) in [6.45, 7) is 4.66. The number of nitrogens with zero attached hydrogens (tertiary/aromatic N) is 3. The zero-order chi connectivity index (χ0) is 23.9. The molecule has 0 unspecified atom stereocenters. The molecule has 0 radical (unpaired) electrons. The lowest BCUT2D eigenvalue weighted by molar-refractivity contribution is -0.135. The van der Waals surface area contributed by atoms with E-state index in [-0.39, 0.29) is 42.5 Å². The molecule has 0 aromatic heterocycles. The van der Waals surface area contributed by atoms with Gasteiger partial charge in [-0.15, -0.1) is 0 Å². The van der Waals surface area contributed by atoms with Crippen molar-refractivity contribution in [3.8, 4) is 11.5 Å². The smallest absolute Gasteiger partial charge is 0.326 e. The van der Waals surface area contributed by atoms with Crippen molar-refractivity contribution in [3.63, 3.8) is 0 Å². The second-order valence-electron chi connectivity index (χ2n) is 9.60. The Morgan fingerprint density at radius 3 is 2.50 bits per heavy atom. The van der Waals surface area contributed by atoms with Gasteiger partial charge in [-0.3, -0.25) is 9.69 Å². The standard InChI is InChI=1S/C23H32N4O6S/c1-17-5-2-3-8-23(17)21(28)27(22(29)24-23)16-25-9-11-26(12-10-25)34(30,31)18-6-7-19-20(15-18)33-14-4-13-32-19/h6-7,15,17H,2-5,8-14,16H2,1H3,(H,24,29)/t17-,23+/m1/s1. The number of urea groups is 1. The van der Waals surface area contributed by atoms with Gasteiger partial charge in [-0.2, -0.15) is 4.31 Å². The first-order chi connectivity index (χ1) is 16.3. The number of benzene rings is 1. The van der Waals surface area contributed by atoms with Crippen LogP contribution in [-0.2, 0) is 14.8 Å². The van der Waals surface area contributed by atoms with E-state index in [9.17, 15) is 18.0 Å². The number of hydrogen-bond donors (Lipinski definition) is 1. The Hall–Kier alpha value is -2.37. The van der Waals surface area contributed by atoms with E-state index in [1.807, 2.05) is 11.8 Å². The molecule has 10 nitrogen and oxygen atoms in total. The van der Waals surface area contributed by atoms with Crippen LogP contribution in [0.3, 0.4) is 0 Å². The number of rotatable bonds is 4. The van der Waals surface area contributed by atoms with Crippen LogP contribution in [0.4, 0.5) is 4.79 Å². The van der Waals surface area contributed by atoms with Crippen molar-refractivity contribution in [2.45, 2.75) is 49.5 Å². The number of amides is 3. The van der Waals surface area contributed by atoms with Crippen LogP contribution < -0.4 is 14.8 Å². The van der Waals surface area contributed by atoms with Crippen molar-refractivity contribution in [3.05, 3.63) is 18.2 Å². The summed E-state index contributed by atoms with van der Waals surface area (Å²) in [5.41, 5.74) is -0.780. The molecule has 2 saturated heterocycles. The molecule has 3 aliphatic heterocycles. The zero-order valence-corrected chi connectivity index (χ0v) is 20.3. The fraction of sp³-hybridized carbons (Fsp3) is 0.652. The number of sulfonamides is 1. The van der Waals surface area contributed by atoms with Crippen LogP contribution in [0.5, 0.6) is 11.5 Å². The highest BCUT2D eigenvalue weighted by molar-refractivity contribution is 7.89. The first kappa shape index (κ1) is 23.4. The van der Waals surface area contributed by atoms with Crippen molar-refractivity contribution < 1.29 is 27.5 Å². The summed E-state index contributed by atoms with van der Waals surface area (Å²) in [7, 11) is -3.70. The largest absolute Gasteiger partial charge is 0.490 e. The number of carbonyl (C=O) groups is 2. The average molecular weight is 493 g/mol. The second kappa shape index (κ2) is 9.01. The predicted octanol–water partition coefficient (Wildman–Crippen LogP) is 1.61. The second-order valence-corrected chi connectivity index (χ2v) is 11.5. The average Bonchev–Trinajstić information content (AvgIpc) is 2.99. The number of piperazine rings is 1. The van der Waals surface area contributed by atoms with E-state index in [0.717, 1.165) is 25.7 Å². The molecule has 1 aromatic rings. The Morgan fingerprint density at radius 1 is 1.03 bits per heavy atom. The minimum Gasteiger partial charge on any atom is -0.490 e. The molecule has 3 amide bonds. The molecule has 11 heteroatoms. The lowest BCUT2D eigenvalue weighted by atomic mass is 9.73. The molecule has 2 atom stereocenters. The number of fused-ring (bicyclic) bond motifs is 1. The van der Waals surface area contributed by atoms with Gasteiger partial charge in [-0.05, 0) is 30.9 Å². The summed E-state index contributed by atoms with van der Waals surface area (Å²) in [6, 6.07) is 4.37. The van der Waals surface area contributed by atoms with E-state index in [2.05, 4.69) is 5.32 Å². The Kier molecular flexibility index (Phi) is 6.19. The molecule has 34 heavy (non-hydrogen) atoms. The van der Waals surface area contributed by atoms with Gasteiger partial charge in [0.2, 0.25) is 10.0 Å². The minimum absolute atomic E-state index is 0.111. The van der Waals surface area contributed by atoms with Gasteiger partial charge in [0.1, 0.15) is 5.54 Å². The zero-order valence-electron chi connectivity index (χ0n) is 19.5. The van der Waals surface area contributed by atoms with E-state index in [1.165, 1.54) is 15.3 Å². The van der Waals surface area contributed by atoms with Gasteiger partial charge in [-0.1, -0.05) is 19.8 Å². The summed E-state index contributed by atoms with van der Waals surface area (Å²) in [5, 5.41) is 2.97.